The number of aryl methyl sites for hydroxylation is 2. The summed E-state index contributed by atoms with van der Waals surface area (Å²) in [5, 5.41) is 2.38. The number of hydrogen-bond donors (Lipinski definition) is 1. The van der Waals surface area contributed by atoms with Crippen molar-refractivity contribution < 1.29 is 19.1 Å². The van der Waals surface area contributed by atoms with E-state index in [0.717, 1.165) is 109 Å². The molecule has 3 fully saturated rings. The number of amides is 2. The van der Waals surface area contributed by atoms with Crippen molar-refractivity contribution in [2.24, 2.45) is 19.5 Å². The summed E-state index contributed by atoms with van der Waals surface area (Å²) in [4.78, 5) is 55.0. The van der Waals surface area contributed by atoms with Crippen LogP contribution >= 0.6 is 0 Å². The van der Waals surface area contributed by atoms with Crippen LogP contribution < -0.4 is 30.9 Å². The first kappa shape index (κ1) is 34.6. The number of imidazole rings is 1. The molecule has 12 heteroatoms. The number of methoxy groups -OCH3 is 2. The van der Waals surface area contributed by atoms with Gasteiger partial charge in [-0.25, -0.2) is 4.79 Å². The van der Waals surface area contributed by atoms with Gasteiger partial charge in [-0.3, -0.25) is 33.7 Å². The third-order valence-corrected chi connectivity index (χ3v) is 11.9. The van der Waals surface area contributed by atoms with Crippen molar-refractivity contribution in [2.45, 2.75) is 65.0 Å². The minimum atomic E-state index is -0.687. The summed E-state index contributed by atoms with van der Waals surface area (Å²) in [6.45, 7) is 8.47. The Bertz CT molecular complexity index is 2120. The average molecular weight is 697 g/mol. The first-order valence-electron chi connectivity index (χ1n) is 17.9. The number of benzene rings is 2. The summed E-state index contributed by atoms with van der Waals surface area (Å²) in [5.41, 5.74) is 7.31. The van der Waals surface area contributed by atoms with Crippen molar-refractivity contribution >= 4 is 28.5 Å². The van der Waals surface area contributed by atoms with E-state index >= 15 is 0 Å². The summed E-state index contributed by atoms with van der Waals surface area (Å²) in [6, 6.07) is 9.49. The molecule has 2 aromatic heterocycles. The SMILES string of the molecule is COc1cc(-c2cn(C)c(=O)c(C)c2C)cc(OC)c1CN1CCC2(CC1)CCN(c1ccc3c(c1)n(C)c(=O)n3C1CCC(=O)NC1=O)CC2. The van der Waals surface area contributed by atoms with E-state index in [0.29, 0.717) is 17.4 Å². The van der Waals surface area contributed by atoms with E-state index in [2.05, 4.69) is 39.4 Å². The fourth-order valence-corrected chi connectivity index (χ4v) is 8.49. The van der Waals surface area contributed by atoms with Crippen molar-refractivity contribution in [2.75, 3.05) is 45.3 Å². The second kappa shape index (κ2) is 13.4. The second-order valence-electron chi connectivity index (χ2n) is 14.7. The minimum Gasteiger partial charge on any atom is -0.496 e. The molecule has 270 valence electrons. The number of fused-ring (bicyclic) bond motifs is 1. The number of nitrogens with zero attached hydrogens (tertiary/aromatic N) is 5. The number of carbonyl (C=O) groups is 2. The highest BCUT2D eigenvalue weighted by molar-refractivity contribution is 6.00. The minimum absolute atomic E-state index is 0.00851. The van der Waals surface area contributed by atoms with Crippen LogP contribution in [0, 0.1) is 19.3 Å². The highest BCUT2D eigenvalue weighted by Crippen LogP contribution is 2.44. The van der Waals surface area contributed by atoms with E-state index in [1.54, 1.807) is 37.4 Å². The molecule has 7 rings (SSSR count). The summed E-state index contributed by atoms with van der Waals surface area (Å²) in [7, 11) is 6.92. The molecule has 12 nitrogen and oxygen atoms in total. The Kier molecular flexibility index (Phi) is 9.07. The van der Waals surface area contributed by atoms with Crippen molar-refractivity contribution in [3.8, 4) is 22.6 Å². The number of carbonyl (C=O) groups excluding carboxylic acids is 2. The second-order valence-corrected chi connectivity index (χ2v) is 14.7. The highest BCUT2D eigenvalue weighted by Gasteiger charge is 2.38. The molecule has 1 N–H and O–H groups in total. The number of imide groups is 1. The normalized spacial score (nSPS) is 19.5. The van der Waals surface area contributed by atoms with E-state index in [9.17, 15) is 19.2 Å². The van der Waals surface area contributed by atoms with Gasteiger partial charge in [0, 0.05) is 63.2 Å². The zero-order valence-corrected chi connectivity index (χ0v) is 30.5. The van der Waals surface area contributed by atoms with Crippen molar-refractivity contribution in [3.63, 3.8) is 0 Å². The largest absolute Gasteiger partial charge is 0.496 e. The first-order chi connectivity index (χ1) is 24.4. The number of likely N-dealkylation sites (tertiary alicyclic amines) is 1. The third-order valence-electron chi connectivity index (χ3n) is 11.9. The maximum atomic E-state index is 13.3. The van der Waals surface area contributed by atoms with Crippen LogP contribution in [0.2, 0.25) is 0 Å². The fourth-order valence-electron chi connectivity index (χ4n) is 8.49. The van der Waals surface area contributed by atoms with Gasteiger partial charge in [-0.15, -0.1) is 0 Å². The molecule has 1 unspecified atom stereocenters. The lowest BCUT2D eigenvalue weighted by molar-refractivity contribution is -0.135. The van der Waals surface area contributed by atoms with E-state index in [-0.39, 0.29) is 23.6 Å². The molecule has 2 aromatic carbocycles. The Labute approximate surface area is 297 Å². The first-order valence-corrected chi connectivity index (χ1v) is 17.9. The maximum absolute atomic E-state index is 13.3. The highest BCUT2D eigenvalue weighted by atomic mass is 16.5. The zero-order chi connectivity index (χ0) is 36.2. The van der Waals surface area contributed by atoms with Gasteiger partial charge in [0.05, 0.1) is 30.8 Å². The lowest BCUT2D eigenvalue weighted by Gasteiger charge is -2.47. The standard InChI is InChI=1S/C39H48N6O6/c1-24-25(2)37(48)41(3)22-28(24)26-19-33(50-5)29(34(20-26)51-6)23-43-15-11-39(12-16-43)13-17-44(18-14-39)27-7-8-30-32(21-27)42(4)38(49)45(30)31-9-10-35(46)40-36(31)47/h7-8,19-22,31H,9-18,23H2,1-6H3,(H,40,46,47). The zero-order valence-electron chi connectivity index (χ0n) is 30.5. The molecule has 51 heavy (non-hydrogen) atoms. The van der Waals surface area contributed by atoms with Crippen LogP contribution in [0.3, 0.4) is 0 Å². The molecular formula is C39H48N6O6. The van der Waals surface area contributed by atoms with Crippen LogP contribution in [0.15, 0.2) is 46.1 Å². The van der Waals surface area contributed by atoms with Crippen LogP contribution in [0.5, 0.6) is 11.5 Å². The van der Waals surface area contributed by atoms with Gasteiger partial charge in [-0.2, -0.15) is 0 Å². The van der Waals surface area contributed by atoms with Crippen LogP contribution in [0.25, 0.3) is 22.2 Å². The Morgan fingerprint density at radius 3 is 2.12 bits per heavy atom. The molecule has 0 saturated carbocycles. The molecule has 1 atom stereocenters. The fraction of sp³-hybridized carbons (Fsp3) is 0.487. The predicted octanol–water partition coefficient (Wildman–Crippen LogP) is 4.20. The third kappa shape index (κ3) is 6.13. The Hall–Kier alpha value is -4.84. The topological polar surface area (TPSA) is 120 Å². The van der Waals surface area contributed by atoms with Crippen LogP contribution in [-0.2, 0) is 30.2 Å². The number of anilines is 1. The van der Waals surface area contributed by atoms with Crippen molar-refractivity contribution in [1.29, 1.82) is 0 Å². The van der Waals surface area contributed by atoms with E-state index < -0.39 is 11.9 Å². The summed E-state index contributed by atoms with van der Waals surface area (Å²) in [6.07, 6.45) is 6.89. The number of pyridine rings is 1. The average Bonchev–Trinajstić information content (AvgIpc) is 3.38. The summed E-state index contributed by atoms with van der Waals surface area (Å²) in [5.74, 6) is 0.851. The number of aromatic nitrogens is 3. The molecule has 3 aliphatic rings. The number of piperidine rings is 3. The van der Waals surface area contributed by atoms with Gasteiger partial charge in [0.1, 0.15) is 17.5 Å². The van der Waals surface area contributed by atoms with Crippen molar-refractivity contribution in [3.05, 3.63) is 74.1 Å². The lowest BCUT2D eigenvalue weighted by atomic mass is 9.71. The number of ether oxygens (including phenoxy) is 2. The van der Waals surface area contributed by atoms with Crippen LogP contribution in [0.1, 0.15) is 61.3 Å². The molecule has 0 aliphatic carbocycles. The molecule has 3 saturated heterocycles. The molecular weight excluding hydrogens is 648 g/mol. The van der Waals surface area contributed by atoms with Gasteiger partial charge < -0.3 is 18.9 Å². The van der Waals surface area contributed by atoms with Crippen LogP contribution in [-0.4, -0.2) is 70.8 Å². The molecule has 2 amide bonds. The van der Waals surface area contributed by atoms with Gasteiger partial charge in [-0.1, -0.05) is 0 Å². The van der Waals surface area contributed by atoms with E-state index in [1.165, 1.54) is 4.57 Å². The monoisotopic (exact) mass is 696 g/mol. The van der Waals surface area contributed by atoms with Gasteiger partial charge in [0.15, 0.2) is 0 Å². The Morgan fingerprint density at radius 1 is 0.843 bits per heavy atom. The maximum Gasteiger partial charge on any atom is 0.329 e. The summed E-state index contributed by atoms with van der Waals surface area (Å²) >= 11 is 0. The molecule has 5 heterocycles. The summed E-state index contributed by atoms with van der Waals surface area (Å²) < 4.78 is 16.6. The number of nitrogens with one attached hydrogen (secondary N) is 1. The van der Waals surface area contributed by atoms with Crippen molar-refractivity contribution in [1.82, 2.24) is 23.9 Å². The van der Waals surface area contributed by atoms with Gasteiger partial charge in [-0.05, 0) is 106 Å². The van der Waals surface area contributed by atoms with Crippen LogP contribution in [0.4, 0.5) is 5.69 Å². The number of rotatable bonds is 7. The molecule has 3 aliphatic heterocycles. The molecule has 4 aromatic rings. The smallest absolute Gasteiger partial charge is 0.329 e. The quantitative estimate of drug-likeness (QED) is 0.286. The van der Waals surface area contributed by atoms with Gasteiger partial charge in [0.25, 0.3) is 5.56 Å². The van der Waals surface area contributed by atoms with E-state index in [1.807, 2.05) is 26.1 Å². The molecule has 0 radical (unpaired) electrons. The van der Waals surface area contributed by atoms with Gasteiger partial charge >= 0.3 is 5.69 Å². The van der Waals surface area contributed by atoms with Gasteiger partial charge in [0.2, 0.25) is 11.8 Å². The Balaban J connectivity index is 1.02. The molecule has 1 spiro atoms. The van der Waals surface area contributed by atoms with E-state index in [4.69, 9.17) is 9.47 Å². The Morgan fingerprint density at radius 2 is 1.49 bits per heavy atom. The predicted molar refractivity (Wildman–Crippen MR) is 197 cm³/mol. The molecule has 0 bridgehead atoms. The number of hydrogen-bond acceptors (Lipinski definition) is 8. The lowest BCUT2D eigenvalue weighted by Crippen LogP contribution is -2.46.